The van der Waals surface area contributed by atoms with E-state index in [2.05, 4.69) is 13.8 Å². The number of carbonyl (C=O) groups is 2. The molecule has 5 nitrogen and oxygen atoms in total. The molecule has 1 aliphatic heterocycles. The highest BCUT2D eigenvalue weighted by atomic mass is 35.5. The zero-order chi connectivity index (χ0) is 18.4. The molecule has 0 saturated heterocycles. The predicted octanol–water partition coefficient (Wildman–Crippen LogP) is 3.81. The van der Waals surface area contributed by atoms with Crippen molar-refractivity contribution in [3.05, 3.63) is 41.1 Å². The first-order chi connectivity index (χ1) is 12.0. The van der Waals surface area contributed by atoms with Crippen LogP contribution in [0.3, 0.4) is 0 Å². The molecule has 6 heteroatoms. The van der Waals surface area contributed by atoms with Gasteiger partial charge in [0.25, 0.3) is 5.91 Å². The second-order valence-electron chi connectivity index (χ2n) is 6.13. The maximum atomic E-state index is 12.4. The van der Waals surface area contributed by atoms with Crippen LogP contribution in [0.2, 0.25) is 5.02 Å². The van der Waals surface area contributed by atoms with Crippen molar-refractivity contribution < 1.29 is 19.1 Å². The Morgan fingerprint density at radius 1 is 1.32 bits per heavy atom. The number of halogens is 1. The molecule has 0 aromatic heterocycles. The highest BCUT2D eigenvalue weighted by Gasteiger charge is 2.35. The molecule has 2 unspecified atom stereocenters. The minimum atomic E-state index is -0.606. The number of rotatable bonds is 8. The van der Waals surface area contributed by atoms with Crippen molar-refractivity contribution in [2.75, 3.05) is 13.2 Å². The Kier molecular flexibility index (Phi) is 6.88. The molecule has 136 valence electrons. The lowest BCUT2D eigenvalue weighted by molar-refractivity contribution is -0.153. The molecule has 0 N–H and O–H groups in total. The summed E-state index contributed by atoms with van der Waals surface area (Å²) in [5.74, 6) is 0.638. The fraction of sp³-hybridized carbons (Fsp3) is 0.474. The molecule has 2 atom stereocenters. The first kappa shape index (κ1) is 19.3. The van der Waals surface area contributed by atoms with E-state index in [0.29, 0.717) is 28.9 Å². The van der Waals surface area contributed by atoms with Gasteiger partial charge in [0.2, 0.25) is 0 Å². The van der Waals surface area contributed by atoms with Crippen LogP contribution in [0, 0.1) is 5.92 Å². The number of amides is 1. The van der Waals surface area contributed by atoms with Gasteiger partial charge in [0.1, 0.15) is 17.6 Å². The minimum absolute atomic E-state index is 0.226. The molecule has 1 amide bonds. The minimum Gasteiger partial charge on any atom is -0.464 e. The molecule has 0 radical (unpaired) electrons. The normalized spacial score (nSPS) is 16.4. The van der Waals surface area contributed by atoms with E-state index in [1.54, 1.807) is 31.2 Å². The van der Waals surface area contributed by atoms with E-state index in [-0.39, 0.29) is 25.0 Å². The highest BCUT2D eigenvalue weighted by molar-refractivity contribution is 6.32. The summed E-state index contributed by atoms with van der Waals surface area (Å²) in [5, 5.41) is 0.468. The van der Waals surface area contributed by atoms with Crippen LogP contribution < -0.4 is 4.74 Å². The van der Waals surface area contributed by atoms with Gasteiger partial charge in [0.05, 0.1) is 18.2 Å². The molecule has 1 aliphatic rings. The number of hydrogen-bond donors (Lipinski definition) is 0. The van der Waals surface area contributed by atoms with E-state index in [9.17, 15) is 9.59 Å². The van der Waals surface area contributed by atoms with Crippen molar-refractivity contribution in [1.82, 2.24) is 4.90 Å². The summed E-state index contributed by atoms with van der Waals surface area (Å²) in [6.45, 7) is 6.39. The Bertz CT molecular complexity index is 659. The molecule has 0 saturated carbocycles. The summed E-state index contributed by atoms with van der Waals surface area (Å²) in [4.78, 5) is 26.3. The van der Waals surface area contributed by atoms with Crippen LogP contribution in [-0.2, 0) is 14.3 Å². The van der Waals surface area contributed by atoms with Crippen molar-refractivity contribution in [1.29, 1.82) is 0 Å². The monoisotopic (exact) mass is 365 g/mol. The van der Waals surface area contributed by atoms with E-state index in [4.69, 9.17) is 21.1 Å². The smallest absolute Gasteiger partial charge is 0.328 e. The molecule has 1 aromatic rings. The van der Waals surface area contributed by atoms with E-state index >= 15 is 0 Å². The number of nitrogens with zero attached hydrogens (tertiary/aromatic N) is 1. The Morgan fingerprint density at radius 2 is 2.04 bits per heavy atom. The van der Waals surface area contributed by atoms with Crippen molar-refractivity contribution in [2.24, 2.45) is 5.92 Å². The average molecular weight is 366 g/mol. The zero-order valence-corrected chi connectivity index (χ0v) is 15.6. The van der Waals surface area contributed by atoms with Crippen LogP contribution in [0.4, 0.5) is 0 Å². The van der Waals surface area contributed by atoms with Gasteiger partial charge < -0.3 is 14.4 Å². The van der Waals surface area contributed by atoms with Crippen LogP contribution in [0.1, 0.15) is 33.6 Å². The summed E-state index contributed by atoms with van der Waals surface area (Å²) < 4.78 is 10.9. The number of benzene rings is 1. The van der Waals surface area contributed by atoms with Gasteiger partial charge in [-0.05, 0) is 31.4 Å². The Morgan fingerprint density at radius 3 is 2.68 bits per heavy atom. The van der Waals surface area contributed by atoms with Crippen LogP contribution in [0.15, 0.2) is 36.1 Å². The molecule has 0 bridgehead atoms. The third kappa shape index (κ3) is 4.98. The van der Waals surface area contributed by atoms with Crippen molar-refractivity contribution in [2.45, 2.75) is 39.7 Å². The van der Waals surface area contributed by atoms with Gasteiger partial charge in [-0.15, -0.1) is 0 Å². The average Bonchev–Trinajstić information content (AvgIpc) is 2.94. The third-order valence-electron chi connectivity index (χ3n) is 4.23. The van der Waals surface area contributed by atoms with Crippen molar-refractivity contribution in [3.63, 3.8) is 0 Å². The second-order valence-corrected chi connectivity index (χ2v) is 6.53. The Hall–Kier alpha value is -2.01. The number of para-hydroxylation sites is 1. The summed E-state index contributed by atoms with van der Waals surface area (Å²) in [7, 11) is 0. The van der Waals surface area contributed by atoms with Crippen LogP contribution in [0.5, 0.6) is 5.75 Å². The molecule has 0 aliphatic carbocycles. The fourth-order valence-electron chi connectivity index (χ4n) is 2.64. The number of hydrogen-bond acceptors (Lipinski definition) is 4. The van der Waals surface area contributed by atoms with Crippen molar-refractivity contribution >= 4 is 23.5 Å². The standard InChI is InChI=1S/C19H24ClNO4/c1-4-13(3)10-16(19(23)24-5-2)21-12-14(11-18(21)22)25-17-9-7-6-8-15(17)20/h6-9,11,13,16H,4-5,10,12H2,1-3H3. The van der Waals surface area contributed by atoms with E-state index in [0.717, 1.165) is 6.42 Å². The van der Waals surface area contributed by atoms with Gasteiger partial charge in [0.15, 0.2) is 0 Å². The van der Waals surface area contributed by atoms with E-state index < -0.39 is 6.04 Å². The van der Waals surface area contributed by atoms with Crippen LogP contribution >= 0.6 is 11.6 Å². The van der Waals surface area contributed by atoms with Gasteiger partial charge in [-0.3, -0.25) is 4.79 Å². The molecule has 1 aromatic carbocycles. The predicted molar refractivity (Wildman–Crippen MR) is 96.4 cm³/mol. The van der Waals surface area contributed by atoms with Gasteiger partial charge >= 0.3 is 5.97 Å². The Labute approximate surface area is 153 Å². The molecule has 0 spiro atoms. The maximum absolute atomic E-state index is 12.4. The zero-order valence-electron chi connectivity index (χ0n) is 14.8. The molecule has 1 heterocycles. The van der Waals surface area contributed by atoms with Crippen molar-refractivity contribution in [3.8, 4) is 5.75 Å². The van der Waals surface area contributed by atoms with Gasteiger partial charge in [-0.25, -0.2) is 4.79 Å². The molecule has 25 heavy (non-hydrogen) atoms. The quantitative estimate of drug-likeness (QED) is 0.657. The second kappa shape index (κ2) is 8.90. The summed E-state index contributed by atoms with van der Waals surface area (Å²) in [6, 6.07) is 6.46. The number of ether oxygens (including phenoxy) is 2. The third-order valence-corrected chi connectivity index (χ3v) is 4.54. The summed E-state index contributed by atoms with van der Waals surface area (Å²) in [5.41, 5.74) is 0. The van der Waals surface area contributed by atoms with Gasteiger partial charge in [-0.1, -0.05) is 44.0 Å². The van der Waals surface area contributed by atoms with Crippen LogP contribution in [0.25, 0.3) is 0 Å². The van der Waals surface area contributed by atoms with Gasteiger partial charge in [-0.2, -0.15) is 0 Å². The summed E-state index contributed by atoms with van der Waals surface area (Å²) >= 11 is 6.09. The topological polar surface area (TPSA) is 55.8 Å². The largest absolute Gasteiger partial charge is 0.464 e. The fourth-order valence-corrected chi connectivity index (χ4v) is 2.82. The summed E-state index contributed by atoms with van der Waals surface area (Å²) in [6.07, 6.45) is 2.90. The molecular weight excluding hydrogens is 342 g/mol. The molecular formula is C19H24ClNO4. The molecule has 0 fully saturated rings. The van der Waals surface area contributed by atoms with E-state index in [1.165, 1.54) is 11.0 Å². The Balaban J connectivity index is 2.11. The first-order valence-electron chi connectivity index (χ1n) is 8.56. The maximum Gasteiger partial charge on any atom is 0.328 e. The lowest BCUT2D eigenvalue weighted by Gasteiger charge is -2.28. The first-order valence-corrected chi connectivity index (χ1v) is 8.94. The lowest BCUT2D eigenvalue weighted by Crippen LogP contribution is -2.44. The number of carbonyl (C=O) groups excluding carboxylic acids is 2. The SMILES string of the molecule is CCOC(=O)C(CC(C)CC)N1CC(Oc2ccccc2Cl)=CC1=O. The highest BCUT2D eigenvalue weighted by Crippen LogP contribution is 2.28. The van der Waals surface area contributed by atoms with E-state index in [1.807, 2.05) is 0 Å². The molecule has 2 rings (SSSR count). The van der Waals surface area contributed by atoms with Gasteiger partial charge in [0, 0.05) is 6.08 Å². The van der Waals surface area contributed by atoms with Crippen LogP contribution in [-0.4, -0.2) is 36.0 Å². The number of esters is 1. The lowest BCUT2D eigenvalue weighted by atomic mass is 9.98.